The number of rotatable bonds is 3. The van der Waals surface area contributed by atoms with E-state index in [-0.39, 0.29) is 26.5 Å². The lowest BCUT2D eigenvalue weighted by Gasteiger charge is -2.07. The third-order valence-electron chi connectivity index (χ3n) is 3.47. The van der Waals surface area contributed by atoms with Crippen molar-refractivity contribution >= 4 is 33.3 Å². The van der Waals surface area contributed by atoms with E-state index in [1.165, 1.54) is 6.07 Å². The van der Waals surface area contributed by atoms with Crippen LogP contribution in [0.1, 0.15) is 17.6 Å². The molecule has 0 fully saturated rings. The second kappa shape index (κ2) is 6.04. The van der Waals surface area contributed by atoms with Crippen molar-refractivity contribution in [2.45, 2.75) is 13.3 Å². The Balaban J connectivity index is 2.23. The van der Waals surface area contributed by atoms with Gasteiger partial charge in [0.2, 0.25) is 5.06 Å². The summed E-state index contributed by atoms with van der Waals surface area (Å²) in [6.07, 6.45) is -3.82. The molecule has 1 aromatic carbocycles. The second-order valence-electron chi connectivity index (χ2n) is 5.17. The maximum absolute atomic E-state index is 13.5. The molecule has 24 heavy (non-hydrogen) atoms. The highest BCUT2D eigenvalue weighted by molar-refractivity contribution is 7.21. The van der Waals surface area contributed by atoms with Crippen molar-refractivity contribution in [2.24, 2.45) is 5.73 Å². The monoisotopic (exact) mass is 349 g/mol. The maximum Gasteiger partial charge on any atom is 0.410 e. The van der Waals surface area contributed by atoms with Gasteiger partial charge in [-0.1, -0.05) is 41.2 Å². The van der Waals surface area contributed by atoms with E-state index in [9.17, 15) is 13.6 Å². The minimum absolute atomic E-state index is 0.0343. The number of ether oxygens (including phenoxy) is 1. The Morgan fingerprint density at radius 1 is 1.29 bits per heavy atom. The maximum atomic E-state index is 13.5. The summed E-state index contributed by atoms with van der Waals surface area (Å²) < 4.78 is 31.8. The minimum Gasteiger partial charge on any atom is -0.397 e. The molecule has 0 saturated carbocycles. The first-order chi connectivity index (χ1) is 11.4. The van der Waals surface area contributed by atoms with E-state index in [1.54, 1.807) is 12.1 Å². The van der Waals surface area contributed by atoms with Crippen LogP contribution in [-0.4, -0.2) is 11.1 Å². The largest absolute Gasteiger partial charge is 0.410 e. The topological polar surface area (TPSA) is 91.2 Å². The smallest absolute Gasteiger partial charge is 0.397 e. The number of alkyl halides is 2. The van der Waals surface area contributed by atoms with E-state index < -0.39 is 12.5 Å². The van der Waals surface area contributed by atoms with Crippen LogP contribution >= 0.6 is 11.3 Å². The van der Waals surface area contributed by atoms with Crippen molar-refractivity contribution in [3.63, 3.8) is 0 Å². The van der Waals surface area contributed by atoms with E-state index in [0.29, 0.717) is 11.3 Å². The number of anilines is 1. The molecule has 0 aliphatic rings. The predicted octanol–water partition coefficient (Wildman–Crippen LogP) is 4.25. The number of halogens is 2. The van der Waals surface area contributed by atoms with E-state index in [1.807, 2.05) is 19.1 Å². The van der Waals surface area contributed by atoms with Crippen molar-refractivity contribution < 1.29 is 18.3 Å². The number of fused-ring (bicyclic) bond motifs is 1. The molecule has 0 aliphatic carbocycles. The number of primary amides is 1. The van der Waals surface area contributed by atoms with Crippen molar-refractivity contribution in [3.05, 3.63) is 41.5 Å². The number of amides is 1. The van der Waals surface area contributed by atoms with Gasteiger partial charge in [0.15, 0.2) is 0 Å². The van der Waals surface area contributed by atoms with E-state index >= 15 is 0 Å². The zero-order chi connectivity index (χ0) is 17.4. The normalized spacial score (nSPS) is 11.2. The minimum atomic E-state index is -2.75. The molecule has 8 heteroatoms. The van der Waals surface area contributed by atoms with Gasteiger partial charge in [0.05, 0.1) is 11.4 Å². The Bertz CT molecular complexity index is 923. The summed E-state index contributed by atoms with van der Waals surface area (Å²) in [5.41, 5.74) is 12.6. The summed E-state index contributed by atoms with van der Waals surface area (Å²) in [6, 6.07) is 8.64. The van der Waals surface area contributed by atoms with Gasteiger partial charge < -0.3 is 16.2 Å². The average molecular weight is 349 g/mol. The van der Waals surface area contributed by atoms with Gasteiger partial charge in [-0.2, -0.15) is 0 Å². The molecule has 5 nitrogen and oxygen atoms in total. The number of hydrogen-bond donors (Lipinski definition) is 2. The molecule has 0 radical (unpaired) electrons. The van der Waals surface area contributed by atoms with Crippen LogP contribution in [0.15, 0.2) is 30.3 Å². The number of benzene rings is 1. The van der Waals surface area contributed by atoms with Gasteiger partial charge in [-0.05, 0) is 13.0 Å². The Kier molecular flexibility index (Phi) is 4.06. The number of aryl methyl sites for hydroxylation is 1. The van der Waals surface area contributed by atoms with Crippen LogP contribution in [0.2, 0.25) is 0 Å². The number of thiophene rings is 1. The molecule has 0 unspecified atom stereocenters. The number of nitrogen functional groups attached to an aromatic ring is 1. The summed E-state index contributed by atoms with van der Waals surface area (Å²) in [7, 11) is 0. The fraction of sp³-hybridized carbons (Fsp3) is 0.125. The van der Waals surface area contributed by atoms with Crippen LogP contribution in [0, 0.1) is 6.92 Å². The quantitative estimate of drug-likeness (QED) is 0.739. The fourth-order valence-corrected chi connectivity index (χ4v) is 3.33. The number of carbonyl (C=O) groups excluding carboxylic acids is 1. The van der Waals surface area contributed by atoms with Crippen LogP contribution < -0.4 is 16.2 Å². The van der Waals surface area contributed by atoms with Gasteiger partial charge in [-0.15, -0.1) is 0 Å². The second-order valence-corrected chi connectivity index (χ2v) is 6.13. The Morgan fingerprint density at radius 3 is 2.54 bits per heavy atom. The molecule has 0 spiro atoms. The van der Waals surface area contributed by atoms with E-state index in [4.69, 9.17) is 16.2 Å². The van der Waals surface area contributed by atoms with Gasteiger partial charge in [-0.3, -0.25) is 0 Å². The van der Waals surface area contributed by atoms with Crippen molar-refractivity contribution in [2.75, 3.05) is 5.73 Å². The average Bonchev–Trinajstić information content (AvgIpc) is 2.82. The van der Waals surface area contributed by atoms with Gasteiger partial charge >= 0.3 is 6.09 Å². The van der Waals surface area contributed by atoms with E-state index in [0.717, 1.165) is 16.9 Å². The van der Waals surface area contributed by atoms with Gasteiger partial charge in [-0.25, -0.2) is 18.6 Å². The zero-order valence-corrected chi connectivity index (χ0v) is 13.4. The number of hydrogen-bond acceptors (Lipinski definition) is 5. The first-order valence-corrected chi connectivity index (χ1v) is 7.74. The first kappa shape index (κ1) is 16.1. The first-order valence-electron chi connectivity index (χ1n) is 6.92. The third kappa shape index (κ3) is 2.88. The fourth-order valence-electron chi connectivity index (χ4n) is 2.34. The van der Waals surface area contributed by atoms with Crippen LogP contribution in [0.3, 0.4) is 0 Å². The Labute approximate surface area is 139 Å². The summed E-state index contributed by atoms with van der Waals surface area (Å²) in [5.74, 6) is 0. The number of nitrogens with zero attached hydrogens (tertiary/aromatic N) is 1. The van der Waals surface area contributed by atoms with Gasteiger partial charge in [0.25, 0.3) is 6.43 Å². The summed E-state index contributed by atoms with van der Waals surface area (Å²) in [4.78, 5) is 15.6. The number of nitrogens with two attached hydrogens (primary N) is 2. The molecule has 0 saturated heterocycles. The Hall–Kier alpha value is -2.74. The summed E-state index contributed by atoms with van der Waals surface area (Å²) in [5, 5.41) is 0.0510. The Morgan fingerprint density at radius 2 is 1.96 bits per heavy atom. The molecule has 3 rings (SSSR count). The van der Waals surface area contributed by atoms with Crippen LogP contribution in [0.5, 0.6) is 5.06 Å². The van der Waals surface area contributed by atoms with Crippen LogP contribution in [-0.2, 0) is 0 Å². The lowest BCUT2D eigenvalue weighted by molar-refractivity contribution is 0.153. The molecule has 2 heterocycles. The van der Waals surface area contributed by atoms with Gasteiger partial charge in [0, 0.05) is 16.5 Å². The number of carbonyl (C=O) groups is 1. The van der Waals surface area contributed by atoms with Crippen LogP contribution in [0.4, 0.5) is 19.3 Å². The predicted molar refractivity (Wildman–Crippen MR) is 89.4 cm³/mol. The summed E-state index contributed by atoms with van der Waals surface area (Å²) in [6.45, 7) is 1.93. The zero-order valence-electron chi connectivity index (χ0n) is 12.5. The highest BCUT2D eigenvalue weighted by atomic mass is 32.1. The van der Waals surface area contributed by atoms with Crippen molar-refractivity contribution in [1.82, 2.24) is 4.98 Å². The SMILES string of the molecule is Cc1ccc(-c2cc(C(F)F)c3c(N)c(OC(N)=O)sc3n2)cc1. The number of aromatic nitrogens is 1. The molecule has 0 bridgehead atoms. The van der Waals surface area contributed by atoms with Crippen molar-refractivity contribution in [3.8, 4) is 16.3 Å². The summed E-state index contributed by atoms with van der Waals surface area (Å²) >= 11 is 0.903. The molecular weight excluding hydrogens is 336 g/mol. The molecule has 0 atom stereocenters. The standard InChI is InChI=1S/C16H13F2N3O2S/c1-7-2-4-8(5-3-7)10-6-9(13(17)18)11-12(19)15(23-16(20)22)24-14(11)21-10/h2-6,13H,19H2,1H3,(H2,20,22). The molecule has 0 aliphatic heterocycles. The lowest BCUT2D eigenvalue weighted by atomic mass is 10.1. The molecule has 4 N–H and O–H groups in total. The van der Waals surface area contributed by atoms with E-state index in [2.05, 4.69) is 4.98 Å². The lowest BCUT2D eigenvalue weighted by Crippen LogP contribution is -2.16. The molecule has 2 aromatic heterocycles. The molecule has 124 valence electrons. The highest BCUT2D eigenvalue weighted by Gasteiger charge is 2.22. The molecule has 3 aromatic rings. The highest BCUT2D eigenvalue weighted by Crippen LogP contribution is 2.44. The van der Waals surface area contributed by atoms with Gasteiger partial charge in [0.1, 0.15) is 4.83 Å². The molecule has 1 amide bonds. The van der Waals surface area contributed by atoms with Crippen LogP contribution in [0.25, 0.3) is 21.5 Å². The third-order valence-corrected chi connectivity index (χ3v) is 4.45. The number of pyridine rings is 1. The van der Waals surface area contributed by atoms with Crippen molar-refractivity contribution in [1.29, 1.82) is 0 Å². The molecular formula is C16H13F2N3O2S.